The summed E-state index contributed by atoms with van der Waals surface area (Å²) in [6.45, 7) is 4.13. The van der Waals surface area contributed by atoms with Crippen molar-refractivity contribution in [1.82, 2.24) is 0 Å². The van der Waals surface area contributed by atoms with Crippen LogP contribution in [0.2, 0.25) is 0 Å². The summed E-state index contributed by atoms with van der Waals surface area (Å²) in [5.41, 5.74) is 2.49. The largest absolute Gasteiger partial charge is 0.568 e. The van der Waals surface area contributed by atoms with E-state index in [-0.39, 0.29) is 0 Å². The average Bonchev–Trinajstić information content (AvgIpc) is 1.85. The maximum atomic E-state index is 5.08. The van der Waals surface area contributed by atoms with Gasteiger partial charge in [0.15, 0.2) is 0 Å². The molecule has 0 bridgehead atoms. The molecule has 2 heteroatoms. The minimum Gasteiger partial charge on any atom is -0.568 e. The van der Waals surface area contributed by atoms with Crippen LogP contribution in [0.5, 0.6) is 5.75 Å². The molecule has 0 unspecified atom stereocenters. The summed E-state index contributed by atoms with van der Waals surface area (Å²) >= 11 is 0. The van der Waals surface area contributed by atoms with E-state index in [1.54, 1.807) is 8.05 Å². The van der Waals surface area contributed by atoms with Gasteiger partial charge in [-0.2, -0.15) is 0 Å². The zero-order valence-corrected chi connectivity index (χ0v) is 6.64. The van der Waals surface area contributed by atoms with Gasteiger partial charge in [-0.05, 0) is 37.1 Å². The van der Waals surface area contributed by atoms with Crippen LogP contribution >= 0.6 is 0 Å². The second kappa shape index (κ2) is 2.78. The van der Waals surface area contributed by atoms with Crippen LogP contribution in [0.25, 0.3) is 0 Å². The molecule has 0 radical (unpaired) electrons. The first-order valence-corrected chi connectivity index (χ1v) is 3.34. The highest BCUT2D eigenvalue weighted by molar-refractivity contribution is 5.99. The molecular weight excluding hydrogens is 123 g/mol. The molecule has 0 spiro atoms. The molecular formula is C8H11BO. The van der Waals surface area contributed by atoms with E-state index in [1.807, 2.05) is 12.1 Å². The first-order valence-electron chi connectivity index (χ1n) is 3.34. The monoisotopic (exact) mass is 134 g/mol. The molecule has 0 aromatic heterocycles. The SMILES string of the molecule is BOc1cc(C)cc(C)c1. The Morgan fingerprint density at radius 3 is 2.00 bits per heavy atom. The predicted molar refractivity (Wildman–Crippen MR) is 45.1 cm³/mol. The quantitative estimate of drug-likeness (QED) is 0.525. The van der Waals surface area contributed by atoms with Gasteiger partial charge < -0.3 is 4.65 Å². The van der Waals surface area contributed by atoms with Crippen molar-refractivity contribution in [3.05, 3.63) is 29.3 Å². The molecule has 0 atom stereocenters. The zero-order valence-electron chi connectivity index (χ0n) is 6.64. The summed E-state index contributed by atoms with van der Waals surface area (Å²) in [7, 11) is 1.69. The fourth-order valence-electron chi connectivity index (χ4n) is 1.05. The highest BCUT2D eigenvalue weighted by atomic mass is 16.4. The minimum atomic E-state index is 0.942. The second-order valence-corrected chi connectivity index (χ2v) is 2.53. The Labute approximate surface area is 62.5 Å². The smallest absolute Gasteiger partial charge is 0.322 e. The normalized spacial score (nSPS) is 9.40. The van der Waals surface area contributed by atoms with Crippen LogP contribution in [0.15, 0.2) is 18.2 Å². The van der Waals surface area contributed by atoms with E-state index in [1.165, 1.54) is 11.1 Å². The molecule has 0 aliphatic heterocycles. The Hall–Kier alpha value is -0.915. The second-order valence-electron chi connectivity index (χ2n) is 2.53. The summed E-state index contributed by atoms with van der Waals surface area (Å²) in [4.78, 5) is 0. The molecule has 0 N–H and O–H groups in total. The van der Waals surface area contributed by atoms with Crippen molar-refractivity contribution in [3.63, 3.8) is 0 Å². The standard InChI is InChI=1S/C8H11BO/c1-6-3-7(2)5-8(4-6)10-9/h3-5H,9H2,1-2H3. The molecule has 0 fully saturated rings. The third kappa shape index (κ3) is 1.53. The van der Waals surface area contributed by atoms with Gasteiger partial charge in [-0.3, -0.25) is 0 Å². The first-order chi connectivity index (χ1) is 4.72. The Bertz CT molecular complexity index is 212. The molecule has 0 aliphatic carbocycles. The summed E-state index contributed by atoms with van der Waals surface area (Å²) in [6, 6.07) is 6.17. The van der Waals surface area contributed by atoms with Crippen molar-refractivity contribution >= 4 is 8.05 Å². The van der Waals surface area contributed by atoms with Gasteiger partial charge in [0.2, 0.25) is 0 Å². The number of hydrogen-bond donors (Lipinski definition) is 0. The third-order valence-electron chi connectivity index (χ3n) is 1.43. The van der Waals surface area contributed by atoms with Crippen LogP contribution < -0.4 is 4.65 Å². The van der Waals surface area contributed by atoms with Crippen molar-refractivity contribution in [2.75, 3.05) is 0 Å². The lowest BCUT2D eigenvalue weighted by Crippen LogP contribution is -1.86. The van der Waals surface area contributed by atoms with Crippen molar-refractivity contribution in [2.45, 2.75) is 13.8 Å². The van der Waals surface area contributed by atoms with Gasteiger partial charge in [0.05, 0.1) is 5.75 Å². The van der Waals surface area contributed by atoms with Crippen LogP contribution in [0.1, 0.15) is 11.1 Å². The number of hydrogen-bond acceptors (Lipinski definition) is 1. The van der Waals surface area contributed by atoms with Crippen molar-refractivity contribution in [1.29, 1.82) is 0 Å². The first kappa shape index (κ1) is 7.20. The number of aryl methyl sites for hydroxylation is 2. The summed E-state index contributed by atoms with van der Waals surface area (Å²) in [5, 5.41) is 0. The van der Waals surface area contributed by atoms with Gasteiger partial charge in [0.1, 0.15) is 0 Å². The molecule has 0 heterocycles. The van der Waals surface area contributed by atoms with E-state index in [0.717, 1.165) is 5.75 Å². The van der Waals surface area contributed by atoms with Crippen LogP contribution in [-0.4, -0.2) is 8.05 Å². The number of benzene rings is 1. The van der Waals surface area contributed by atoms with Crippen molar-refractivity contribution < 1.29 is 4.65 Å². The van der Waals surface area contributed by atoms with Gasteiger partial charge in [0.25, 0.3) is 0 Å². The van der Waals surface area contributed by atoms with E-state index < -0.39 is 0 Å². The highest BCUT2D eigenvalue weighted by Gasteiger charge is 1.91. The maximum absolute atomic E-state index is 5.08. The molecule has 1 nitrogen and oxygen atoms in total. The van der Waals surface area contributed by atoms with Crippen molar-refractivity contribution in [2.24, 2.45) is 0 Å². The van der Waals surface area contributed by atoms with Crippen LogP contribution in [0.3, 0.4) is 0 Å². The van der Waals surface area contributed by atoms with E-state index in [0.29, 0.717) is 0 Å². The van der Waals surface area contributed by atoms with E-state index in [4.69, 9.17) is 4.65 Å². The van der Waals surface area contributed by atoms with E-state index in [2.05, 4.69) is 19.9 Å². The lowest BCUT2D eigenvalue weighted by Gasteiger charge is -2.02. The third-order valence-corrected chi connectivity index (χ3v) is 1.43. The summed E-state index contributed by atoms with van der Waals surface area (Å²) < 4.78 is 5.08. The molecule has 52 valence electrons. The lowest BCUT2D eigenvalue weighted by molar-refractivity contribution is 0.615. The van der Waals surface area contributed by atoms with Gasteiger partial charge in [-0.15, -0.1) is 0 Å². The topological polar surface area (TPSA) is 9.23 Å². The van der Waals surface area contributed by atoms with Crippen LogP contribution in [0.4, 0.5) is 0 Å². The molecule has 0 amide bonds. The molecule has 1 rings (SSSR count). The summed E-state index contributed by atoms with van der Waals surface area (Å²) in [5.74, 6) is 0.942. The Morgan fingerprint density at radius 1 is 1.10 bits per heavy atom. The van der Waals surface area contributed by atoms with Gasteiger partial charge in [0, 0.05) is 0 Å². The Kier molecular flexibility index (Phi) is 2.00. The minimum absolute atomic E-state index is 0.942. The van der Waals surface area contributed by atoms with Gasteiger partial charge >= 0.3 is 8.05 Å². The molecule has 0 saturated heterocycles. The fourth-order valence-corrected chi connectivity index (χ4v) is 1.05. The molecule has 1 aromatic carbocycles. The average molecular weight is 134 g/mol. The molecule has 0 saturated carbocycles. The number of rotatable bonds is 1. The van der Waals surface area contributed by atoms with E-state index >= 15 is 0 Å². The maximum Gasteiger partial charge on any atom is 0.322 e. The molecule has 1 aromatic rings. The molecule has 10 heavy (non-hydrogen) atoms. The van der Waals surface area contributed by atoms with Gasteiger partial charge in [-0.1, -0.05) is 6.07 Å². The van der Waals surface area contributed by atoms with Crippen LogP contribution in [0, 0.1) is 13.8 Å². The van der Waals surface area contributed by atoms with E-state index in [9.17, 15) is 0 Å². The predicted octanol–water partition coefficient (Wildman–Crippen LogP) is 1.23. The van der Waals surface area contributed by atoms with Crippen LogP contribution in [-0.2, 0) is 0 Å². The van der Waals surface area contributed by atoms with Gasteiger partial charge in [-0.25, -0.2) is 0 Å². The lowest BCUT2D eigenvalue weighted by atomic mass is 10.1. The molecule has 0 aliphatic rings. The highest BCUT2D eigenvalue weighted by Crippen LogP contribution is 2.14. The zero-order chi connectivity index (χ0) is 7.56. The summed E-state index contributed by atoms with van der Waals surface area (Å²) in [6.07, 6.45) is 0. The fraction of sp³-hybridized carbons (Fsp3) is 0.250. The Morgan fingerprint density at radius 2 is 1.60 bits per heavy atom. The Balaban J connectivity index is 3.06. The van der Waals surface area contributed by atoms with Crippen molar-refractivity contribution in [3.8, 4) is 5.75 Å².